The largest absolute Gasteiger partial charge is 0.396 e. The molecule has 4 fully saturated rings. The first-order chi connectivity index (χ1) is 7.26. The van der Waals surface area contributed by atoms with Crippen molar-refractivity contribution < 1.29 is 14.6 Å². The Morgan fingerprint density at radius 3 is 2.53 bits per heavy atom. The first-order valence-electron chi connectivity index (χ1n) is 5.81. The fourth-order valence-electron chi connectivity index (χ4n) is 3.31. The van der Waals surface area contributed by atoms with Gasteiger partial charge in [0.05, 0.1) is 32.0 Å². The summed E-state index contributed by atoms with van der Waals surface area (Å²) in [6.45, 7) is 5.82. The van der Waals surface area contributed by atoms with E-state index in [9.17, 15) is 5.11 Å². The summed E-state index contributed by atoms with van der Waals surface area (Å²) in [4.78, 5) is 2.43. The van der Waals surface area contributed by atoms with E-state index in [-0.39, 0.29) is 17.6 Å². The lowest BCUT2D eigenvalue weighted by Gasteiger charge is -2.46. The third-order valence-corrected chi connectivity index (χ3v) is 4.03. The standard InChI is InChI=1S/C11H19NO3/c13-8-10-5-11(6-10,15-9-10)7-12-1-3-14-4-2-12/h13H,1-9H2. The van der Waals surface area contributed by atoms with E-state index >= 15 is 0 Å². The predicted molar refractivity (Wildman–Crippen MR) is 54.7 cm³/mol. The molecule has 0 amide bonds. The number of aliphatic hydroxyl groups is 1. The second-order valence-electron chi connectivity index (χ2n) is 5.37. The quantitative estimate of drug-likeness (QED) is 0.708. The number of aliphatic hydroxyl groups excluding tert-OH is 1. The van der Waals surface area contributed by atoms with Gasteiger partial charge in [-0.05, 0) is 12.8 Å². The van der Waals surface area contributed by atoms with Crippen LogP contribution in [0.1, 0.15) is 12.8 Å². The second kappa shape index (κ2) is 3.42. The van der Waals surface area contributed by atoms with Gasteiger partial charge in [-0.25, -0.2) is 0 Å². The molecule has 1 N–H and O–H groups in total. The molecule has 15 heavy (non-hydrogen) atoms. The van der Waals surface area contributed by atoms with E-state index in [0.29, 0.717) is 0 Å². The third kappa shape index (κ3) is 1.60. The molecule has 4 aliphatic rings. The van der Waals surface area contributed by atoms with Crippen LogP contribution >= 0.6 is 0 Å². The van der Waals surface area contributed by atoms with E-state index in [1.165, 1.54) is 0 Å². The molecule has 0 radical (unpaired) electrons. The molecule has 4 rings (SSSR count). The topological polar surface area (TPSA) is 41.9 Å². The first kappa shape index (κ1) is 10.0. The molecule has 0 spiro atoms. The molecule has 86 valence electrons. The van der Waals surface area contributed by atoms with Gasteiger partial charge in [0.2, 0.25) is 0 Å². The summed E-state index contributed by atoms with van der Waals surface area (Å²) in [5.41, 5.74) is 0.187. The molecule has 1 saturated carbocycles. The maximum Gasteiger partial charge on any atom is 0.0823 e. The molecule has 3 heterocycles. The molecule has 4 nitrogen and oxygen atoms in total. The van der Waals surface area contributed by atoms with Gasteiger partial charge in [0.1, 0.15) is 0 Å². The van der Waals surface area contributed by atoms with Gasteiger partial charge in [-0.2, -0.15) is 0 Å². The molecule has 0 unspecified atom stereocenters. The Morgan fingerprint density at radius 2 is 1.93 bits per heavy atom. The highest BCUT2D eigenvalue weighted by atomic mass is 16.5. The molecule has 0 atom stereocenters. The van der Waals surface area contributed by atoms with Gasteiger partial charge in [-0.15, -0.1) is 0 Å². The Labute approximate surface area is 90.2 Å². The van der Waals surface area contributed by atoms with Crippen molar-refractivity contribution in [2.24, 2.45) is 5.41 Å². The molecular formula is C11H19NO3. The SMILES string of the molecule is OCC12COC(CN3CCOCC3)(C1)C2. The number of nitrogens with zero attached hydrogens (tertiary/aromatic N) is 1. The Kier molecular flexibility index (Phi) is 2.28. The highest BCUT2D eigenvalue weighted by molar-refractivity contribution is 5.12. The lowest BCUT2D eigenvalue weighted by atomic mass is 9.63. The smallest absolute Gasteiger partial charge is 0.0823 e. The normalized spacial score (nSPS) is 45.4. The van der Waals surface area contributed by atoms with Crippen LogP contribution in [0.2, 0.25) is 0 Å². The molecular weight excluding hydrogens is 194 g/mol. The molecule has 3 saturated heterocycles. The Morgan fingerprint density at radius 1 is 1.20 bits per heavy atom. The lowest BCUT2D eigenvalue weighted by molar-refractivity contribution is -0.0698. The van der Waals surface area contributed by atoms with Gasteiger partial charge in [-0.1, -0.05) is 0 Å². The van der Waals surface area contributed by atoms with Crippen LogP contribution < -0.4 is 0 Å². The fourth-order valence-corrected chi connectivity index (χ4v) is 3.31. The summed E-state index contributed by atoms with van der Waals surface area (Å²) in [7, 11) is 0. The van der Waals surface area contributed by atoms with Crippen LogP contribution in [-0.4, -0.2) is 61.7 Å². The van der Waals surface area contributed by atoms with E-state index in [1.807, 2.05) is 0 Å². The van der Waals surface area contributed by atoms with Crippen molar-refractivity contribution >= 4 is 0 Å². The third-order valence-electron chi connectivity index (χ3n) is 4.03. The van der Waals surface area contributed by atoms with E-state index < -0.39 is 0 Å². The molecule has 2 bridgehead atoms. The number of ether oxygens (including phenoxy) is 2. The first-order valence-corrected chi connectivity index (χ1v) is 5.81. The number of fused-ring (bicyclic) bond motifs is 1. The molecule has 4 heteroatoms. The van der Waals surface area contributed by atoms with Gasteiger partial charge < -0.3 is 14.6 Å². The Hall–Kier alpha value is -0.160. The van der Waals surface area contributed by atoms with Crippen molar-refractivity contribution in [3.63, 3.8) is 0 Å². The lowest BCUT2D eigenvalue weighted by Crippen LogP contribution is -2.54. The highest BCUT2D eigenvalue weighted by Gasteiger charge is 2.62. The summed E-state index contributed by atoms with van der Waals surface area (Å²) in [5, 5.41) is 9.27. The van der Waals surface area contributed by atoms with Gasteiger partial charge in [0, 0.05) is 25.0 Å². The Balaban J connectivity index is 1.56. The monoisotopic (exact) mass is 213 g/mol. The zero-order valence-electron chi connectivity index (χ0n) is 9.07. The van der Waals surface area contributed by atoms with Crippen molar-refractivity contribution in [3.8, 4) is 0 Å². The van der Waals surface area contributed by atoms with Crippen LogP contribution in [0.25, 0.3) is 0 Å². The minimum Gasteiger partial charge on any atom is -0.396 e. The van der Waals surface area contributed by atoms with Gasteiger partial charge >= 0.3 is 0 Å². The minimum atomic E-state index is 0.0695. The van der Waals surface area contributed by atoms with Gasteiger partial charge in [0.25, 0.3) is 0 Å². The van der Waals surface area contributed by atoms with E-state index in [0.717, 1.165) is 52.3 Å². The molecule has 1 aliphatic carbocycles. The van der Waals surface area contributed by atoms with Crippen LogP contribution in [0.3, 0.4) is 0 Å². The number of morpholine rings is 1. The molecule has 0 aromatic rings. The molecule has 0 aromatic carbocycles. The minimum absolute atomic E-state index is 0.0695. The van der Waals surface area contributed by atoms with Crippen molar-refractivity contribution in [1.82, 2.24) is 4.90 Å². The van der Waals surface area contributed by atoms with Crippen molar-refractivity contribution in [3.05, 3.63) is 0 Å². The second-order valence-corrected chi connectivity index (χ2v) is 5.37. The van der Waals surface area contributed by atoms with Crippen LogP contribution in [0.15, 0.2) is 0 Å². The summed E-state index contributed by atoms with van der Waals surface area (Å²) < 4.78 is 11.2. The number of hydrogen-bond donors (Lipinski definition) is 1. The average molecular weight is 213 g/mol. The maximum atomic E-state index is 9.27. The van der Waals surface area contributed by atoms with E-state index in [1.54, 1.807) is 0 Å². The van der Waals surface area contributed by atoms with Crippen LogP contribution in [0.5, 0.6) is 0 Å². The van der Waals surface area contributed by atoms with Crippen molar-refractivity contribution in [2.45, 2.75) is 18.4 Å². The average Bonchev–Trinajstić information content (AvgIpc) is 2.74. The van der Waals surface area contributed by atoms with Gasteiger partial charge in [-0.3, -0.25) is 4.90 Å². The summed E-state index contributed by atoms with van der Waals surface area (Å²) >= 11 is 0. The van der Waals surface area contributed by atoms with Crippen LogP contribution in [0, 0.1) is 5.41 Å². The maximum absolute atomic E-state index is 9.27. The number of rotatable bonds is 3. The highest BCUT2D eigenvalue weighted by Crippen LogP contribution is 2.57. The summed E-state index contributed by atoms with van der Waals surface area (Å²) in [6, 6.07) is 0. The van der Waals surface area contributed by atoms with Crippen molar-refractivity contribution in [1.29, 1.82) is 0 Å². The van der Waals surface area contributed by atoms with E-state index in [4.69, 9.17) is 9.47 Å². The fraction of sp³-hybridized carbons (Fsp3) is 1.00. The Bertz CT molecular complexity index is 244. The number of hydrogen-bond acceptors (Lipinski definition) is 4. The van der Waals surface area contributed by atoms with Crippen LogP contribution in [-0.2, 0) is 9.47 Å². The van der Waals surface area contributed by atoms with Crippen molar-refractivity contribution in [2.75, 3.05) is 46.1 Å². The van der Waals surface area contributed by atoms with Gasteiger partial charge in [0.15, 0.2) is 0 Å². The zero-order valence-corrected chi connectivity index (χ0v) is 9.07. The van der Waals surface area contributed by atoms with E-state index in [2.05, 4.69) is 4.90 Å². The predicted octanol–water partition coefficient (Wildman–Crippen LogP) is -0.140. The zero-order chi connectivity index (χ0) is 10.4. The summed E-state index contributed by atoms with van der Waals surface area (Å²) in [5.74, 6) is 0. The molecule has 0 aromatic heterocycles. The summed E-state index contributed by atoms with van der Waals surface area (Å²) in [6.07, 6.45) is 2.10. The molecule has 3 aliphatic heterocycles. The van der Waals surface area contributed by atoms with Crippen LogP contribution in [0.4, 0.5) is 0 Å².